The van der Waals surface area contributed by atoms with Gasteiger partial charge in [0.1, 0.15) is 5.75 Å². The normalized spacial score (nSPS) is 28.0. The number of hydrogen-bond donors (Lipinski definition) is 3. The van der Waals surface area contributed by atoms with E-state index in [1.165, 1.54) is 16.2 Å². The third kappa shape index (κ3) is 4.93. The van der Waals surface area contributed by atoms with Gasteiger partial charge in [0.25, 0.3) is 5.91 Å². The highest BCUT2D eigenvalue weighted by Gasteiger charge is 2.69. The van der Waals surface area contributed by atoms with Gasteiger partial charge in [0, 0.05) is 34.7 Å². The van der Waals surface area contributed by atoms with Gasteiger partial charge >= 0.3 is 10.8 Å². The number of carboxylic acid groups (broad SMARTS) is 1. The summed E-state index contributed by atoms with van der Waals surface area (Å²) in [5.74, 6) is -2.10. The fourth-order valence-corrected chi connectivity index (χ4v) is 10.7. The Morgan fingerprint density at radius 3 is 2.57 bits per heavy atom. The number of likely N-dealkylation sites (tertiary alicyclic amines) is 1. The Morgan fingerprint density at radius 1 is 1.07 bits per heavy atom. The zero-order chi connectivity index (χ0) is 30.7. The summed E-state index contributed by atoms with van der Waals surface area (Å²) in [6, 6.07) is 15.1. The number of thioether (sulfide) groups is 1. The zero-order valence-electron chi connectivity index (χ0n) is 23.9. The standard InChI is InChI=1S/C32H31N3O7S2/c1-15-7-9-17(10-8-15)33-21(36)14-42-18-5-2-4-16(12-18)23-24-19-13-20(27(24)43-29-28(23)44-32(41)34-29)26-25(19)30(39)35(31(26)40)11-3-6-22(37)38/h2,4-5,7-10,12,19-20,23-27H,3,6,11,13-14H2,1H3,(H,33,36)(H,34,41)(H,37,38)/t19?,20?,23-,24?,25?,26?,27?/m1/s1. The second-order valence-electron chi connectivity index (χ2n) is 12.1. The lowest BCUT2D eigenvalue weighted by atomic mass is 9.68. The van der Waals surface area contributed by atoms with Gasteiger partial charge in [0.05, 0.1) is 16.9 Å². The Labute approximate surface area is 261 Å². The van der Waals surface area contributed by atoms with Gasteiger partial charge in [-0.15, -0.1) is 11.8 Å². The summed E-state index contributed by atoms with van der Waals surface area (Å²) in [6.07, 6.45) is 0.908. The van der Waals surface area contributed by atoms with E-state index in [4.69, 9.17) is 9.84 Å². The number of nitrogens with one attached hydrogen (secondary N) is 2. The molecule has 12 heteroatoms. The number of carboxylic acids is 1. The minimum absolute atomic E-state index is 0.00937. The Hall–Kier alpha value is -3.90. The third-order valence-electron chi connectivity index (χ3n) is 9.51. The fraction of sp³-hybridized carbons (Fsp3) is 0.406. The van der Waals surface area contributed by atoms with E-state index in [-0.39, 0.29) is 77.5 Å². The molecule has 3 aromatic rings. The van der Waals surface area contributed by atoms with E-state index in [0.29, 0.717) is 11.4 Å². The molecule has 10 nitrogen and oxygen atoms in total. The van der Waals surface area contributed by atoms with Crippen LogP contribution in [0.5, 0.6) is 5.75 Å². The Balaban J connectivity index is 1.14. The predicted molar refractivity (Wildman–Crippen MR) is 164 cm³/mol. The van der Waals surface area contributed by atoms with Crippen molar-refractivity contribution in [2.75, 3.05) is 18.5 Å². The minimum Gasteiger partial charge on any atom is -0.484 e. The summed E-state index contributed by atoms with van der Waals surface area (Å²) >= 11 is 2.80. The maximum Gasteiger partial charge on any atom is 0.305 e. The zero-order valence-corrected chi connectivity index (χ0v) is 25.5. The van der Waals surface area contributed by atoms with Crippen LogP contribution in [0, 0.1) is 36.5 Å². The molecule has 228 valence electrons. The lowest BCUT2D eigenvalue weighted by molar-refractivity contribution is -0.142. The number of amides is 3. The van der Waals surface area contributed by atoms with Crippen molar-refractivity contribution < 1.29 is 29.0 Å². The summed E-state index contributed by atoms with van der Waals surface area (Å²) in [5, 5.41) is 12.7. The Bertz CT molecular complexity index is 1720. The summed E-state index contributed by atoms with van der Waals surface area (Å²) in [7, 11) is 0. The van der Waals surface area contributed by atoms with E-state index in [9.17, 15) is 24.0 Å². The molecule has 2 saturated carbocycles. The number of anilines is 1. The first-order valence-corrected chi connectivity index (χ1v) is 16.4. The predicted octanol–water partition coefficient (Wildman–Crippen LogP) is 4.10. The molecule has 0 radical (unpaired) electrons. The van der Waals surface area contributed by atoms with Gasteiger partial charge in [-0.2, -0.15) is 0 Å². The van der Waals surface area contributed by atoms with Crippen molar-refractivity contribution in [1.29, 1.82) is 0 Å². The van der Waals surface area contributed by atoms with E-state index in [0.717, 1.165) is 27.5 Å². The molecule has 3 amide bonds. The van der Waals surface area contributed by atoms with Gasteiger partial charge in [0.15, 0.2) is 6.61 Å². The number of carbonyl (C=O) groups excluding carboxylic acids is 3. The van der Waals surface area contributed by atoms with Gasteiger partial charge in [-0.3, -0.25) is 28.9 Å². The molecule has 2 aliphatic heterocycles. The number of aryl methyl sites for hydroxylation is 1. The quantitative estimate of drug-likeness (QED) is 0.299. The van der Waals surface area contributed by atoms with Crippen LogP contribution in [0.25, 0.3) is 0 Å². The van der Waals surface area contributed by atoms with Crippen molar-refractivity contribution >= 4 is 52.5 Å². The van der Waals surface area contributed by atoms with Gasteiger partial charge in [-0.1, -0.05) is 41.2 Å². The van der Waals surface area contributed by atoms with Crippen LogP contribution in [0.3, 0.4) is 0 Å². The minimum atomic E-state index is -0.951. The Kier molecular flexibility index (Phi) is 7.36. The smallest absolute Gasteiger partial charge is 0.305 e. The topological polar surface area (TPSA) is 146 Å². The number of fused-ring (bicyclic) bond motifs is 9. The molecule has 3 fully saturated rings. The van der Waals surface area contributed by atoms with Crippen LogP contribution in [-0.2, 0) is 19.2 Å². The SMILES string of the molecule is Cc1ccc(NC(=O)COc2cccc([C@H]3c4sc(=O)[nH]c4SC4C5CC(C6C(=O)N(CCCC(=O)O)C(=O)C56)C43)c2)cc1. The highest BCUT2D eigenvalue weighted by Crippen LogP contribution is 2.68. The van der Waals surface area contributed by atoms with Crippen LogP contribution >= 0.6 is 23.1 Å². The number of thiazole rings is 1. The van der Waals surface area contributed by atoms with Crippen LogP contribution in [0.4, 0.5) is 5.69 Å². The molecule has 0 spiro atoms. The number of benzene rings is 2. The van der Waals surface area contributed by atoms with E-state index in [2.05, 4.69) is 10.3 Å². The first-order chi connectivity index (χ1) is 21.2. The van der Waals surface area contributed by atoms with Crippen molar-refractivity contribution in [3.05, 3.63) is 74.2 Å². The largest absolute Gasteiger partial charge is 0.484 e. The molecule has 2 aliphatic carbocycles. The number of aromatic amines is 1. The van der Waals surface area contributed by atoms with Gasteiger partial charge in [-0.05, 0) is 67.3 Å². The summed E-state index contributed by atoms with van der Waals surface area (Å²) in [4.78, 5) is 68.4. The number of carbonyl (C=O) groups is 4. The molecule has 3 N–H and O–H groups in total. The maximum absolute atomic E-state index is 13.6. The summed E-state index contributed by atoms with van der Waals surface area (Å²) < 4.78 is 5.90. The number of H-pyrrole nitrogens is 1. The number of hydrogen-bond acceptors (Lipinski definition) is 8. The van der Waals surface area contributed by atoms with Crippen molar-refractivity contribution in [2.24, 2.45) is 29.6 Å². The average Bonchev–Trinajstić information content (AvgIpc) is 3.73. The Morgan fingerprint density at radius 2 is 1.82 bits per heavy atom. The van der Waals surface area contributed by atoms with Crippen molar-refractivity contribution in [3.8, 4) is 5.75 Å². The molecule has 44 heavy (non-hydrogen) atoms. The number of rotatable bonds is 9. The van der Waals surface area contributed by atoms with Gasteiger partial charge in [-0.25, -0.2) is 0 Å². The second kappa shape index (κ2) is 11.2. The van der Waals surface area contributed by atoms with Crippen LogP contribution in [0.2, 0.25) is 0 Å². The van der Waals surface area contributed by atoms with E-state index >= 15 is 0 Å². The molecule has 1 saturated heterocycles. The molecule has 3 heterocycles. The molecule has 2 bridgehead atoms. The fourth-order valence-electron chi connectivity index (χ4n) is 7.84. The van der Waals surface area contributed by atoms with Gasteiger partial charge < -0.3 is 20.1 Å². The molecule has 7 atom stereocenters. The summed E-state index contributed by atoms with van der Waals surface area (Å²) in [6.45, 7) is 1.93. The average molecular weight is 634 g/mol. The van der Waals surface area contributed by atoms with Gasteiger partial charge in [0.2, 0.25) is 11.8 Å². The van der Waals surface area contributed by atoms with Crippen LogP contribution in [-0.4, -0.2) is 57.1 Å². The number of ether oxygens (including phenoxy) is 1. The van der Waals surface area contributed by atoms with Crippen molar-refractivity contribution in [3.63, 3.8) is 0 Å². The second-order valence-corrected chi connectivity index (χ2v) is 14.3. The lowest BCUT2D eigenvalue weighted by Crippen LogP contribution is -2.42. The number of aromatic nitrogens is 1. The van der Waals surface area contributed by atoms with E-state index in [1.807, 2.05) is 49.4 Å². The molecule has 6 unspecified atom stereocenters. The number of imide groups is 1. The molecule has 2 aromatic carbocycles. The highest BCUT2D eigenvalue weighted by atomic mass is 32.2. The number of nitrogens with zero attached hydrogens (tertiary/aromatic N) is 1. The highest BCUT2D eigenvalue weighted by molar-refractivity contribution is 8.00. The number of aliphatic carboxylic acids is 1. The first-order valence-electron chi connectivity index (χ1n) is 14.8. The first kappa shape index (κ1) is 28.8. The monoisotopic (exact) mass is 633 g/mol. The summed E-state index contributed by atoms with van der Waals surface area (Å²) in [5.41, 5.74) is 2.72. The molecule has 1 aromatic heterocycles. The van der Waals surface area contributed by atoms with E-state index < -0.39 is 17.8 Å². The molecule has 7 rings (SSSR count). The molecular formula is C32H31N3O7S2. The maximum atomic E-state index is 13.6. The van der Waals surface area contributed by atoms with Crippen LogP contribution in [0.15, 0.2) is 58.4 Å². The third-order valence-corrected chi connectivity index (χ3v) is 12.1. The molecule has 4 aliphatic rings. The lowest BCUT2D eigenvalue weighted by Gasteiger charge is -2.43. The van der Waals surface area contributed by atoms with Crippen molar-refractivity contribution in [2.45, 2.75) is 42.4 Å². The van der Waals surface area contributed by atoms with Crippen molar-refractivity contribution in [1.82, 2.24) is 9.88 Å². The van der Waals surface area contributed by atoms with E-state index in [1.54, 1.807) is 17.8 Å². The van der Waals surface area contributed by atoms with Crippen LogP contribution in [0.1, 0.15) is 41.2 Å². The molecular weight excluding hydrogens is 603 g/mol. The van der Waals surface area contributed by atoms with Crippen LogP contribution < -0.4 is 14.9 Å².